The minimum absolute atomic E-state index is 0.770. The average molecular weight is 138 g/mol. The van der Waals surface area contributed by atoms with Crippen LogP contribution in [-0.2, 0) is 6.54 Å². The smallest absolute Gasteiger partial charge is 0.138 e. The number of aromatic nitrogens is 3. The fourth-order valence-corrected chi connectivity index (χ4v) is 0.607. The van der Waals surface area contributed by atoms with E-state index in [1.165, 1.54) is 6.33 Å². The highest BCUT2D eigenvalue weighted by molar-refractivity contribution is 4.89. The van der Waals surface area contributed by atoms with Gasteiger partial charge in [-0.05, 0) is 6.54 Å². The first kappa shape index (κ1) is 7.08. The molecule has 0 spiro atoms. The normalized spacial score (nSPS) is 9.70. The summed E-state index contributed by atoms with van der Waals surface area (Å²) in [7, 11) is 0. The van der Waals surface area contributed by atoms with Gasteiger partial charge in [-0.2, -0.15) is 5.10 Å². The van der Waals surface area contributed by atoms with Gasteiger partial charge in [-0.3, -0.25) is 0 Å². The fourth-order valence-electron chi connectivity index (χ4n) is 0.607. The highest BCUT2D eigenvalue weighted by atomic mass is 15.1. The van der Waals surface area contributed by atoms with Gasteiger partial charge in [-0.25, -0.2) is 4.98 Å². The zero-order chi connectivity index (χ0) is 7.23. The highest BCUT2D eigenvalue weighted by Gasteiger charge is 1.89. The molecule has 4 nitrogen and oxygen atoms in total. The van der Waals surface area contributed by atoms with Crippen LogP contribution >= 0.6 is 0 Å². The second-order valence-corrected chi connectivity index (χ2v) is 1.88. The van der Waals surface area contributed by atoms with Crippen molar-refractivity contribution < 1.29 is 0 Å². The molecule has 54 valence electrons. The van der Waals surface area contributed by atoms with E-state index in [2.05, 4.69) is 27.4 Å². The fraction of sp³-hybridized carbons (Fsp3) is 0.500. The lowest BCUT2D eigenvalue weighted by Gasteiger charge is -1.97. The van der Waals surface area contributed by atoms with E-state index in [1.807, 2.05) is 0 Å². The molecule has 0 radical (unpaired) electrons. The first-order chi connectivity index (χ1) is 4.93. The van der Waals surface area contributed by atoms with Crippen LogP contribution in [0.4, 0.5) is 0 Å². The lowest BCUT2D eigenvalue weighted by atomic mass is 10.4. The Morgan fingerprint density at radius 2 is 2.40 bits per heavy atom. The maximum Gasteiger partial charge on any atom is 0.138 e. The zero-order valence-electron chi connectivity index (χ0n) is 5.91. The van der Waals surface area contributed by atoms with E-state index in [0.29, 0.717) is 0 Å². The van der Waals surface area contributed by atoms with Crippen LogP contribution in [0.5, 0.6) is 0 Å². The quantitative estimate of drug-likeness (QED) is 0.637. The largest absolute Gasteiger partial charge is 0.311 e. The van der Waals surface area contributed by atoms with E-state index >= 15 is 0 Å². The van der Waals surface area contributed by atoms with E-state index < -0.39 is 0 Å². The molecule has 1 N–H and O–H groups in total. The SMILES string of the molecule is CCNCc1cnncn1. The summed E-state index contributed by atoms with van der Waals surface area (Å²) in [4.78, 5) is 3.98. The number of hydrogen-bond donors (Lipinski definition) is 1. The van der Waals surface area contributed by atoms with Gasteiger partial charge >= 0.3 is 0 Å². The van der Waals surface area contributed by atoms with Gasteiger partial charge < -0.3 is 5.32 Å². The second kappa shape index (κ2) is 3.90. The molecule has 1 aromatic heterocycles. The first-order valence-corrected chi connectivity index (χ1v) is 3.25. The van der Waals surface area contributed by atoms with Crippen LogP contribution in [0.25, 0.3) is 0 Å². The third kappa shape index (κ3) is 2.06. The zero-order valence-corrected chi connectivity index (χ0v) is 5.91. The van der Waals surface area contributed by atoms with E-state index in [1.54, 1.807) is 6.20 Å². The molecule has 1 rings (SSSR count). The van der Waals surface area contributed by atoms with Crippen molar-refractivity contribution in [1.29, 1.82) is 0 Å². The first-order valence-electron chi connectivity index (χ1n) is 3.25. The maximum absolute atomic E-state index is 3.98. The van der Waals surface area contributed by atoms with Gasteiger partial charge in [-0.1, -0.05) is 6.92 Å². The van der Waals surface area contributed by atoms with Gasteiger partial charge in [0.1, 0.15) is 6.33 Å². The Morgan fingerprint density at radius 1 is 1.50 bits per heavy atom. The number of hydrogen-bond acceptors (Lipinski definition) is 4. The summed E-state index contributed by atoms with van der Waals surface area (Å²) in [6.07, 6.45) is 3.11. The Balaban J connectivity index is 2.43. The number of nitrogens with zero attached hydrogens (tertiary/aromatic N) is 3. The van der Waals surface area contributed by atoms with Crippen LogP contribution in [-0.4, -0.2) is 21.7 Å². The summed E-state index contributed by atoms with van der Waals surface area (Å²) < 4.78 is 0. The van der Waals surface area contributed by atoms with Crippen molar-refractivity contribution in [1.82, 2.24) is 20.5 Å². The minimum Gasteiger partial charge on any atom is -0.311 e. The lowest BCUT2D eigenvalue weighted by Crippen LogP contribution is -2.13. The van der Waals surface area contributed by atoms with E-state index in [9.17, 15) is 0 Å². The summed E-state index contributed by atoms with van der Waals surface area (Å²) in [6, 6.07) is 0. The van der Waals surface area contributed by atoms with Crippen molar-refractivity contribution in [2.75, 3.05) is 6.54 Å². The van der Waals surface area contributed by atoms with Gasteiger partial charge in [0.05, 0.1) is 11.9 Å². The van der Waals surface area contributed by atoms with Crippen molar-refractivity contribution >= 4 is 0 Å². The maximum atomic E-state index is 3.98. The molecule has 0 aliphatic heterocycles. The van der Waals surface area contributed by atoms with Crippen LogP contribution < -0.4 is 5.32 Å². The van der Waals surface area contributed by atoms with Crippen molar-refractivity contribution in [3.8, 4) is 0 Å². The molecule has 1 aromatic rings. The van der Waals surface area contributed by atoms with E-state index in [4.69, 9.17) is 0 Å². The van der Waals surface area contributed by atoms with Crippen LogP contribution in [0.3, 0.4) is 0 Å². The molecule has 0 amide bonds. The molecule has 10 heavy (non-hydrogen) atoms. The van der Waals surface area contributed by atoms with Gasteiger partial charge in [-0.15, -0.1) is 5.10 Å². The number of nitrogens with one attached hydrogen (secondary N) is 1. The Labute approximate surface area is 59.7 Å². The Kier molecular flexibility index (Phi) is 2.76. The Bertz CT molecular complexity index is 174. The van der Waals surface area contributed by atoms with Crippen LogP contribution in [0.1, 0.15) is 12.6 Å². The summed E-state index contributed by atoms with van der Waals surface area (Å²) >= 11 is 0. The van der Waals surface area contributed by atoms with Gasteiger partial charge in [0.2, 0.25) is 0 Å². The van der Waals surface area contributed by atoms with E-state index in [-0.39, 0.29) is 0 Å². The van der Waals surface area contributed by atoms with Gasteiger partial charge in [0, 0.05) is 6.54 Å². The monoisotopic (exact) mass is 138 g/mol. The molecule has 4 heteroatoms. The Morgan fingerprint density at radius 3 is 3.00 bits per heavy atom. The molecule has 0 unspecified atom stereocenters. The van der Waals surface area contributed by atoms with Crippen molar-refractivity contribution in [2.45, 2.75) is 13.5 Å². The van der Waals surface area contributed by atoms with Crippen LogP contribution in [0, 0.1) is 0 Å². The lowest BCUT2D eigenvalue weighted by molar-refractivity contribution is 0.700. The molecular formula is C6H10N4. The molecular weight excluding hydrogens is 128 g/mol. The van der Waals surface area contributed by atoms with Crippen molar-refractivity contribution in [3.63, 3.8) is 0 Å². The van der Waals surface area contributed by atoms with Crippen molar-refractivity contribution in [2.24, 2.45) is 0 Å². The van der Waals surface area contributed by atoms with Crippen molar-refractivity contribution in [3.05, 3.63) is 18.2 Å². The molecule has 0 fully saturated rings. The molecule has 0 atom stereocenters. The second-order valence-electron chi connectivity index (χ2n) is 1.88. The third-order valence-corrected chi connectivity index (χ3v) is 1.10. The molecule has 0 bridgehead atoms. The molecule has 0 aromatic carbocycles. The van der Waals surface area contributed by atoms with E-state index in [0.717, 1.165) is 18.8 Å². The summed E-state index contributed by atoms with van der Waals surface area (Å²) in [5.74, 6) is 0. The van der Waals surface area contributed by atoms with Crippen LogP contribution in [0.15, 0.2) is 12.5 Å². The molecule has 0 saturated heterocycles. The summed E-state index contributed by atoms with van der Waals surface area (Å²) in [6.45, 7) is 3.77. The highest BCUT2D eigenvalue weighted by Crippen LogP contribution is 1.84. The number of rotatable bonds is 3. The van der Waals surface area contributed by atoms with Crippen LogP contribution in [0.2, 0.25) is 0 Å². The average Bonchev–Trinajstić information content (AvgIpc) is 2.03. The minimum atomic E-state index is 0.770. The predicted octanol–water partition coefficient (Wildman–Crippen LogP) is -0.0189. The topological polar surface area (TPSA) is 50.7 Å². The molecule has 0 aliphatic carbocycles. The molecule has 1 heterocycles. The summed E-state index contributed by atoms with van der Waals surface area (Å²) in [5, 5.41) is 10.4. The van der Waals surface area contributed by atoms with Gasteiger partial charge in [0.25, 0.3) is 0 Å². The standard InChI is InChI=1S/C6H10N4/c1-2-7-3-6-4-9-10-5-8-6/h4-5,7H,2-3H2,1H3. The third-order valence-electron chi connectivity index (χ3n) is 1.10. The predicted molar refractivity (Wildman–Crippen MR) is 37.2 cm³/mol. The van der Waals surface area contributed by atoms with Gasteiger partial charge in [0.15, 0.2) is 0 Å². The molecule has 0 aliphatic rings. The summed E-state index contributed by atoms with van der Waals surface area (Å²) in [5.41, 5.74) is 0.928. The Hall–Kier alpha value is -1.03. The molecule has 0 saturated carbocycles.